The largest absolute Gasteiger partial charge is 0.308 e. The minimum atomic E-state index is -2.95. The second-order valence-electron chi connectivity index (χ2n) is 6.12. The van der Waals surface area contributed by atoms with Gasteiger partial charge in [0.2, 0.25) is 0 Å². The molecule has 0 bridgehead atoms. The zero-order valence-electron chi connectivity index (χ0n) is 11.8. The van der Waals surface area contributed by atoms with Crippen molar-refractivity contribution >= 4 is 9.84 Å². The van der Waals surface area contributed by atoms with E-state index in [9.17, 15) is 8.42 Å². The Morgan fingerprint density at radius 1 is 1.35 bits per heavy atom. The summed E-state index contributed by atoms with van der Waals surface area (Å²) < 4.78 is 25.3. The van der Waals surface area contributed by atoms with Crippen LogP contribution in [0.25, 0.3) is 0 Å². The van der Waals surface area contributed by atoms with Crippen LogP contribution in [0, 0.1) is 0 Å². The van der Waals surface area contributed by atoms with Crippen LogP contribution in [-0.4, -0.2) is 41.0 Å². The molecule has 1 aromatic rings. The molecule has 2 atom stereocenters. The molecule has 6 nitrogen and oxygen atoms in total. The van der Waals surface area contributed by atoms with Crippen molar-refractivity contribution in [1.29, 1.82) is 0 Å². The molecular weight excluding hydrogens is 276 g/mol. The van der Waals surface area contributed by atoms with Crippen molar-refractivity contribution < 1.29 is 8.42 Å². The molecule has 0 amide bonds. The Balaban J connectivity index is 1.62. The summed E-state index contributed by atoms with van der Waals surface area (Å²) >= 11 is 0. The van der Waals surface area contributed by atoms with Crippen molar-refractivity contribution in [1.82, 2.24) is 20.3 Å². The van der Waals surface area contributed by atoms with Crippen LogP contribution in [0.1, 0.15) is 50.3 Å². The van der Waals surface area contributed by atoms with Crippen LogP contribution in [0.2, 0.25) is 0 Å². The number of nitrogens with zero attached hydrogens (tertiary/aromatic N) is 3. The Kier molecular flexibility index (Phi) is 3.81. The summed E-state index contributed by atoms with van der Waals surface area (Å²) in [6.07, 6.45) is 9.19. The van der Waals surface area contributed by atoms with E-state index in [0.29, 0.717) is 12.5 Å². The van der Waals surface area contributed by atoms with Crippen LogP contribution in [0.5, 0.6) is 0 Å². The lowest BCUT2D eigenvalue weighted by molar-refractivity contribution is 0.324. The van der Waals surface area contributed by atoms with E-state index in [1.54, 1.807) is 0 Å². The first-order valence-electron chi connectivity index (χ1n) is 7.35. The van der Waals surface area contributed by atoms with Gasteiger partial charge < -0.3 is 5.32 Å². The number of hydrogen-bond acceptors (Lipinski definition) is 5. The van der Waals surface area contributed by atoms with E-state index in [1.165, 1.54) is 19.1 Å². The van der Waals surface area contributed by atoms with Crippen LogP contribution in [0.15, 0.2) is 6.20 Å². The smallest absolute Gasteiger partial charge is 0.150 e. The van der Waals surface area contributed by atoms with Crippen molar-refractivity contribution in [3.63, 3.8) is 0 Å². The summed E-state index contributed by atoms with van der Waals surface area (Å²) in [6, 6.07) is 0.829. The summed E-state index contributed by atoms with van der Waals surface area (Å²) in [5.41, 5.74) is 0.943. The molecule has 2 fully saturated rings. The molecule has 0 saturated heterocycles. The Labute approximate surface area is 119 Å². The zero-order valence-corrected chi connectivity index (χ0v) is 12.6. The first-order chi connectivity index (χ1) is 9.52. The fraction of sp³-hybridized carbons (Fsp3) is 0.846. The molecule has 1 N–H and O–H groups in total. The Morgan fingerprint density at radius 3 is 2.85 bits per heavy atom. The van der Waals surface area contributed by atoms with Crippen LogP contribution in [0.3, 0.4) is 0 Å². The van der Waals surface area contributed by atoms with Gasteiger partial charge in [-0.3, -0.25) is 0 Å². The monoisotopic (exact) mass is 298 g/mol. The van der Waals surface area contributed by atoms with Crippen molar-refractivity contribution in [2.45, 2.75) is 62.4 Å². The molecule has 0 aromatic carbocycles. The van der Waals surface area contributed by atoms with Gasteiger partial charge in [0, 0.05) is 18.8 Å². The maximum Gasteiger partial charge on any atom is 0.150 e. The van der Waals surface area contributed by atoms with Gasteiger partial charge in [-0.1, -0.05) is 11.6 Å². The van der Waals surface area contributed by atoms with Gasteiger partial charge in [0.1, 0.15) is 9.84 Å². The van der Waals surface area contributed by atoms with Crippen molar-refractivity contribution in [2.24, 2.45) is 0 Å². The van der Waals surface area contributed by atoms with E-state index in [-0.39, 0.29) is 11.3 Å². The van der Waals surface area contributed by atoms with Gasteiger partial charge in [-0.05, 0) is 32.1 Å². The van der Waals surface area contributed by atoms with E-state index >= 15 is 0 Å². The Hall–Kier alpha value is -0.950. The minimum Gasteiger partial charge on any atom is -0.308 e. The summed E-state index contributed by atoms with van der Waals surface area (Å²) in [5.74, 6) is 0. The molecular formula is C13H22N4O2S. The fourth-order valence-electron chi connectivity index (χ4n) is 2.86. The van der Waals surface area contributed by atoms with Crippen LogP contribution < -0.4 is 5.32 Å². The van der Waals surface area contributed by atoms with Crippen LogP contribution in [-0.2, 0) is 16.4 Å². The van der Waals surface area contributed by atoms with Gasteiger partial charge in [-0.2, -0.15) is 0 Å². The van der Waals surface area contributed by atoms with Crippen molar-refractivity contribution in [2.75, 3.05) is 6.26 Å². The summed E-state index contributed by atoms with van der Waals surface area (Å²) in [4.78, 5) is 0. The van der Waals surface area contributed by atoms with Crippen LogP contribution in [0.4, 0.5) is 0 Å². The molecule has 3 rings (SSSR count). The number of nitrogens with one attached hydrogen (secondary N) is 1. The van der Waals surface area contributed by atoms with E-state index in [2.05, 4.69) is 15.6 Å². The predicted octanol–water partition coefficient (Wildman–Crippen LogP) is 1.06. The van der Waals surface area contributed by atoms with E-state index in [0.717, 1.165) is 31.5 Å². The highest BCUT2D eigenvalue weighted by atomic mass is 32.2. The standard InChI is InChI=1S/C13H22N4O2S/c1-20(18,19)13-4-2-3-12(7-13)17-9-11(15-16-17)8-14-10-5-6-10/h9-10,12-14H,2-8H2,1H3. The van der Waals surface area contributed by atoms with Gasteiger partial charge in [-0.15, -0.1) is 5.10 Å². The third-order valence-electron chi connectivity index (χ3n) is 4.28. The normalized spacial score (nSPS) is 27.6. The summed E-state index contributed by atoms with van der Waals surface area (Å²) in [7, 11) is -2.95. The van der Waals surface area contributed by atoms with Gasteiger partial charge >= 0.3 is 0 Å². The maximum atomic E-state index is 11.7. The molecule has 0 spiro atoms. The number of rotatable bonds is 5. The maximum absolute atomic E-state index is 11.7. The first-order valence-corrected chi connectivity index (χ1v) is 9.31. The third kappa shape index (κ3) is 3.38. The predicted molar refractivity (Wildman–Crippen MR) is 76.0 cm³/mol. The quantitative estimate of drug-likeness (QED) is 0.879. The molecule has 1 heterocycles. The second-order valence-corrected chi connectivity index (χ2v) is 8.44. The first kappa shape index (κ1) is 14.0. The fourth-order valence-corrected chi connectivity index (χ4v) is 4.03. The lowest BCUT2D eigenvalue weighted by atomic mass is 9.95. The minimum absolute atomic E-state index is 0.172. The molecule has 20 heavy (non-hydrogen) atoms. The number of hydrogen-bond donors (Lipinski definition) is 1. The van der Waals surface area contributed by atoms with Gasteiger partial charge in [-0.25, -0.2) is 13.1 Å². The number of aromatic nitrogens is 3. The molecule has 1 aromatic heterocycles. The summed E-state index contributed by atoms with van der Waals surface area (Å²) in [5, 5.41) is 11.6. The molecule has 2 unspecified atom stereocenters. The van der Waals surface area contributed by atoms with E-state index in [1.807, 2.05) is 10.9 Å². The third-order valence-corrected chi connectivity index (χ3v) is 5.92. The van der Waals surface area contributed by atoms with Crippen LogP contribution >= 0.6 is 0 Å². The van der Waals surface area contributed by atoms with E-state index in [4.69, 9.17) is 0 Å². The molecule has 0 radical (unpaired) electrons. The average molecular weight is 298 g/mol. The molecule has 7 heteroatoms. The highest BCUT2D eigenvalue weighted by Gasteiger charge is 2.30. The van der Waals surface area contributed by atoms with E-state index < -0.39 is 9.84 Å². The van der Waals surface area contributed by atoms with Gasteiger partial charge in [0.25, 0.3) is 0 Å². The Bertz CT molecular complexity index is 565. The second kappa shape index (κ2) is 5.44. The van der Waals surface area contributed by atoms with Crippen molar-refractivity contribution in [3.05, 3.63) is 11.9 Å². The molecule has 2 aliphatic carbocycles. The molecule has 2 aliphatic rings. The molecule has 2 saturated carbocycles. The molecule has 0 aliphatic heterocycles. The topological polar surface area (TPSA) is 76.9 Å². The average Bonchev–Trinajstić information content (AvgIpc) is 3.12. The van der Waals surface area contributed by atoms with Gasteiger partial charge in [0.05, 0.1) is 23.2 Å². The SMILES string of the molecule is CS(=O)(=O)C1CCCC(n2cc(CNC3CC3)nn2)C1. The molecule has 112 valence electrons. The van der Waals surface area contributed by atoms with Gasteiger partial charge in [0.15, 0.2) is 0 Å². The summed E-state index contributed by atoms with van der Waals surface area (Å²) in [6.45, 7) is 0.757. The van der Waals surface area contributed by atoms with Crippen molar-refractivity contribution in [3.8, 4) is 0 Å². The number of sulfone groups is 1. The Morgan fingerprint density at radius 2 is 2.15 bits per heavy atom. The highest BCUT2D eigenvalue weighted by molar-refractivity contribution is 7.91. The lowest BCUT2D eigenvalue weighted by Crippen LogP contribution is -2.29. The highest BCUT2D eigenvalue weighted by Crippen LogP contribution is 2.31. The zero-order chi connectivity index (χ0) is 14.2. The lowest BCUT2D eigenvalue weighted by Gasteiger charge is -2.27.